The van der Waals surface area contributed by atoms with Crippen molar-refractivity contribution in [2.45, 2.75) is 19.3 Å². The lowest BCUT2D eigenvalue weighted by Crippen LogP contribution is -2.16. The van der Waals surface area contributed by atoms with Gasteiger partial charge in [0.05, 0.1) is 22.4 Å². The molecule has 1 aliphatic rings. The second kappa shape index (κ2) is 13.4. The van der Waals surface area contributed by atoms with E-state index in [1.165, 1.54) is 43.8 Å². The lowest BCUT2D eigenvalue weighted by atomic mass is 9.82. The minimum absolute atomic E-state index is 0.0889. The predicted molar refractivity (Wildman–Crippen MR) is 245 cm³/mol. The van der Waals surface area contributed by atoms with E-state index in [-0.39, 0.29) is 5.41 Å². The van der Waals surface area contributed by atoms with Crippen molar-refractivity contribution < 1.29 is 0 Å². The topological polar surface area (TPSA) is 11.4 Å². The number of anilines is 6. The molecule has 0 unspecified atom stereocenters. The van der Waals surface area contributed by atoms with Crippen molar-refractivity contribution >= 4 is 66.7 Å². The number of benzene rings is 9. The maximum absolute atomic E-state index is 2.48. The van der Waals surface area contributed by atoms with Crippen LogP contribution in [0.2, 0.25) is 0 Å². The summed E-state index contributed by atoms with van der Waals surface area (Å²) in [7, 11) is 0. The van der Waals surface area contributed by atoms with Gasteiger partial charge in [0, 0.05) is 44.6 Å². The Labute approximate surface area is 339 Å². The van der Waals surface area contributed by atoms with Crippen LogP contribution in [0.1, 0.15) is 25.0 Å². The van der Waals surface area contributed by atoms with E-state index in [0.717, 1.165) is 50.8 Å². The molecule has 0 N–H and O–H groups in total. The molecule has 58 heavy (non-hydrogen) atoms. The highest BCUT2D eigenvalue weighted by Gasteiger charge is 2.36. The molecule has 3 heteroatoms. The van der Waals surface area contributed by atoms with E-state index >= 15 is 0 Å². The zero-order valence-corrected chi connectivity index (χ0v) is 32.5. The van der Waals surface area contributed by atoms with Crippen LogP contribution < -0.4 is 9.80 Å². The van der Waals surface area contributed by atoms with Crippen LogP contribution >= 0.6 is 0 Å². The van der Waals surface area contributed by atoms with E-state index in [1.54, 1.807) is 0 Å². The molecule has 276 valence electrons. The highest BCUT2D eigenvalue weighted by molar-refractivity contribution is 6.18. The van der Waals surface area contributed by atoms with Crippen LogP contribution in [-0.2, 0) is 5.41 Å². The van der Waals surface area contributed by atoms with Crippen LogP contribution in [0.25, 0.3) is 49.4 Å². The molecular formula is C55H41N3. The minimum atomic E-state index is -0.0889. The molecule has 0 spiro atoms. The zero-order chi connectivity index (χ0) is 38.8. The largest absolute Gasteiger partial charge is 0.310 e. The van der Waals surface area contributed by atoms with Gasteiger partial charge in [-0.15, -0.1) is 0 Å². The normalized spacial score (nSPS) is 12.8. The van der Waals surface area contributed by atoms with Gasteiger partial charge in [0.15, 0.2) is 0 Å². The van der Waals surface area contributed by atoms with E-state index in [0.29, 0.717) is 0 Å². The van der Waals surface area contributed by atoms with Gasteiger partial charge >= 0.3 is 0 Å². The van der Waals surface area contributed by atoms with Gasteiger partial charge in [-0.2, -0.15) is 0 Å². The van der Waals surface area contributed by atoms with Gasteiger partial charge in [0.2, 0.25) is 0 Å². The Kier molecular flexibility index (Phi) is 7.84. The number of hydrogen-bond acceptors (Lipinski definition) is 2. The third kappa shape index (κ3) is 5.35. The average Bonchev–Trinajstić information content (AvgIpc) is 3.73. The van der Waals surface area contributed by atoms with Gasteiger partial charge in [-0.05, 0) is 112 Å². The fraction of sp³-hybridized carbons (Fsp3) is 0.0545. The number of fused-ring (bicyclic) bond motifs is 7. The highest BCUT2D eigenvalue weighted by Crippen LogP contribution is 2.52. The van der Waals surface area contributed by atoms with Gasteiger partial charge in [-0.1, -0.05) is 147 Å². The van der Waals surface area contributed by atoms with E-state index < -0.39 is 0 Å². The highest BCUT2D eigenvalue weighted by atomic mass is 15.2. The number of nitrogens with zero attached hydrogens (tertiary/aromatic N) is 3. The maximum atomic E-state index is 2.48. The number of aromatic nitrogens is 1. The van der Waals surface area contributed by atoms with Gasteiger partial charge in [0.25, 0.3) is 0 Å². The van der Waals surface area contributed by atoms with Crippen LogP contribution in [-0.4, -0.2) is 4.57 Å². The first-order valence-corrected chi connectivity index (χ1v) is 20.1. The van der Waals surface area contributed by atoms with Gasteiger partial charge in [-0.25, -0.2) is 0 Å². The molecule has 0 aliphatic heterocycles. The molecule has 1 aliphatic carbocycles. The Bertz CT molecular complexity index is 3100. The summed E-state index contributed by atoms with van der Waals surface area (Å²) in [5, 5.41) is 4.83. The van der Waals surface area contributed by atoms with Crippen LogP contribution in [0.4, 0.5) is 34.1 Å². The number of rotatable bonds is 7. The van der Waals surface area contributed by atoms with E-state index in [1.807, 2.05) is 0 Å². The Hall–Kier alpha value is -7.36. The Morgan fingerprint density at radius 1 is 0.379 bits per heavy atom. The fourth-order valence-corrected chi connectivity index (χ4v) is 9.41. The SMILES string of the molecule is CC1(C)c2ccccc2-c2cc(N(c3ccccc3)c3cc(N(c4ccccc4)c4ccccc4)cc4c3c3ccccc3n4-c3ccc4ccccc4c3)ccc21. The van der Waals surface area contributed by atoms with Crippen molar-refractivity contribution in [3.05, 3.63) is 223 Å². The molecule has 0 amide bonds. The Balaban J connectivity index is 1.27. The van der Waals surface area contributed by atoms with E-state index in [9.17, 15) is 0 Å². The summed E-state index contributed by atoms with van der Waals surface area (Å²) < 4.78 is 2.46. The summed E-state index contributed by atoms with van der Waals surface area (Å²) in [6, 6.07) is 77.5. The second-order valence-corrected chi connectivity index (χ2v) is 15.8. The molecule has 11 rings (SSSR count). The number of hydrogen-bond donors (Lipinski definition) is 0. The summed E-state index contributed by atoms with van der Waals surface area (Å²) in [6.07, 6.45) is 0. The molecule has 0 saturated heterocycles. The summed E-state index contributed by atoms with van der Waals surface area (Å²) >= 11 is 0. The van der Waals surface area contributed by atoms with Crippen LogP contribution in [0.15, 0.2) is 212 Å². The van der Waals surface area contributed by atoms with Crippen molar-refractivity contribution in [3.63, 3.8) is 0 Å². The zero-order valence-electron chi connectivity index (χ0n) is 32.5. The lowest BCUT2D eigenvalue weighted by Gasteiger charge is -2.31. The molecule has 0 saturated carbocycles. The molecule has 0 atom stereocenters. The molecule has 10 aromatic rings. The fourth-order valence-electron chi connectivity index (χ4n) is 9.41. The monoisotopic (exact) mass is 743 g/mol. The first kappa shape index (κ1) is 33.9. The summed E-state index contributed by atoms with van der Waals surface area (Å²) in [5.41, 5.74) is 15.2. The van der Waals surface area contributed by atoms with Crippen LogP contribution in [0, 0.1) is 0 Å². The average molecular weight is 744 g/mol. The molecule has 0 fully saturated rings. The maximum Gasteiger partial charge on any atom is 0.0583 e. The third-order valence-electron chi connectivity index (χ3n) is 12.1. The molecule has 1 aromatic heterocycles. The molecule has 0 radical (unpaired) electrons. The molecule has 0 bridgehead atoms. The quantitative estimate of drug-likeness (QED) is 0.161. The van der Waals surface area contributed by atoms with Crippen molar-refractivity contribution in [1.82, 2.24) is 4.57 Å². The Morgan fingerprint density at radius 3 is 1.69 bits per heavy atom. The van der Waals surface area contributed by atoms with Gasteiger partial charge in [0.1, 0.15) is 0 Å². The third-order valence-corrected chi connectivity index (χ3v) is 12.1. The van der Waals surface area contributed by atoms with Gasteiger partial charge < -0.3 is 14.4 Å². The lowest BCUT2D eigenvalue weighted by molar-refractivity contribution is 0.660. The van der Waals surface area contributed by atoms with Crippen molar-refractivity contribution in [2.75, 3.05) is 9.80 Å². The second-order valence-electron chi connectivity index (χ2n) is 15.8. The van der Waals surface area contributed by atoms with Crippen molar-refractivity contribution in [3.8, 4) is 16.8 Å². The number of para-hydroxylation sites is 4. The van der Waals surface area contributed by atoms with Crippen molar-refractivity contribution in [1.29, 1.82) is 0 Å². The van der Waals surface area contributed by atoms with Crippen LogP contribution in [0.3, 0.4) is 0 Å². The van der Waals surface area contributed by atoms with E-state index in [4.69, 9.17) is 0 Å². The van der Waals surface area contributed by atoms with Gasteiger partial charge in [-0.3, -0.25) is 0 Å². The first-order chi connectivity index (χ1) is 28.5. The molecule has 1 heterocycles. The summed E-state index contributed by atoms with van der Waals surface area (Å²) in [5.74, 6) is 0. The smallest absolute Gasteiger partial charge is 0.0583 e. The van der Waals surface area contributed by atoms with E-state index in [2.05, 4.69) is 241 Å². The molecule has 3 nitrogen and oxygen atoms in total. The molecule has 9 aromatic carbocycles. The first-order valence-electron chi connectivity index (χ1n) is 20.1. The Morgan fingerprint density at radius 2 is 0.966 bits per heavy atom. The standard InChI is InChI=1S/C55H41N3/c1-55(2)49-28-16-14-26-46(49)48-35-44(32-33-50(48)55)57(42-24-10-5-11-25-42)52-36-45(56(40-20-6-3-7-21-40)41-22-8-4-9-23-41)37-53-54(52)47-27-15-17-29-51(47)58(53)43-31-30-38-18-12-13-19-39(38)34-43/h3-37H,1-2H3. The summed E-state index contributed by atoms with van der Waals surface area (Å²) in [4.78, 5) is 4.86. The predicted octanol–water partition coefficient (Wildman–Crippen LogP) is 15.2. The summed E-state index contributed by atoms with van der Waals surface area (Å²) in [6.45, 7) is 4.70. The van der Waals surface area contributed by atoms with Crippen molar-refractivity contribution in [2.24, 2.45) is 0 Å². The molecular weight excluding hydrogens is 703 g/mol. The minimum Gasteiger partial charge on any atom is -0.310 e. The van der Waals surface area contributed by atoms with Crippen LogP contribution in [0.5, 0.6) is 0 Å².